The Balaban J connectivity index is 3.31. The summed E-state index contributed by atoms with van der Waals surface area (Å²) in [6, 6.07) is 0. The Hall–Kier alpha value is -1.23. The van der Waals surface area contributed by atoms with Crippen LogP contribution >= 0.6 is 0 Å². The van der Waals surface area contributed by atoms with Crippen molar-refractivity contribution < 1.29 is 10.0 Å². The predicted octanol–water partition coefficient (Wildman–Crippen LogP) is 1.92. The van der Waals surface area contributed by atoms with Crippen molar-refractivity contribution in [2.75, 3.05) is 7.05 Å². The molecule has 1 rings (SSSR count). The summed E-state index contributed by atoms with van der Waals surface area (Å²) in [5.41, 5.74) is -0.391. The third kappa shape index (κ3) is 1.92. The SMILES string of the molecule is CC1CC(C)(C)C(=O)C(N(C)O)=C1N=O. The third-order valence-corrected chi connectivity index (χ3v) is 2.78. The van der Waals surface area contributed by atoms with E-state index in [1.165, 1.54) is 7.05 Å². The lowest BCUT2D eigenvalue weighted by Crippen LogP contribution is -2.38. The summed E-state index contributed by atoms with van der Waals surface area (Å²) in [7, 11) is 1.33. The van der Waals surface area contributed by atoms with E-state index in [9.17, 15) is 14.9 Å². The van der Waals surface area contributed by atoms with E-state index < -0.39 is 5.41 Å². The van der Waals surface area contributed by atoms with E-state index in [1.807, 2.05) is 6.92 Å². The molecule has 0 aromatic rings. The molecule has 1 aliphatic carbocycles. The van der Waals surface area contributed by atoms with Gasteiger partial charge in [0.25, 0.3) is 0 Å². The fourth-order valence-corrected chi connectivity index (χ4v) is 2.07. The first-order valence-corrected chi connectivity index (χ1v) is 4.86. The van der Waals surface area contributed by atoms with Crippen LogP contribution in [0.3, 0.4) is 0 Å². The Morgan fingerprint density at radius 3 is 2.47 bits per heavy atom. The summed E-state index contributed by atoms with van der Waals surface area (Å²) in [6.07, 6.45) is 0.574. The van der Waals surface area contributed by atoms with Gasteiger partial charge in [-0.3, -0.25) is 15.1 Å². The molecule has 0 spiro atoms. The van der Waals surface area contributed by atoms with Crippen molar-refractivity contribution in [1.82, 2.24) is 5.06 Å². The normalized spacial score (nSPS) is 25.4. The van der Waals surface area contributed by atoms with Crippen molar-refractivity contribution in [2.45, 2.75) is 27.2 Å². The number of allylic oxidation sites excluding steroid dienone is 2. The zero-order valence-corrected chi connectivity index (χ0v) is 9.44. The smallest absolute Gasteiger partial charge is 0.188 e. The molecule has 5 heteroatoms. The van der Waals surface area contributed by atoms with Crippen LogP contribution < -0.4 is 0 Å². The molecular formula is C10H16N2O3. The first-order chi connectivity index (χ1) is 6.81. The number of likely N-dealkylation sites (N-methyl/N-ethyl adjacent to an activating group) is 1. The number of carbonyl (C=O) groups excluding carboxylic acids is 1. The Bertz CT molecular complexity index is 332. The minimum atomic E-state index is -0.556. The zero-order chi connectivity index (χ0) is 11.8. The van der Waals surface area contributed by atoms with E-state index in [1.54, 1.807) is 13.8 Å². The van der Waals surface area contributed by atoms with Crippen LogP contribution in [0.5, 0.6) is 0 Å². The van der Waals surface area contributed by atoms with E-state index in [0.717, 1.165) is 0 Å². The predicted molar refractivity (Wildman–Crippen MR) is 54.9 cm³/mol. The first-order valence-electron chi connectivity index (χ1n) is 4.86. The van der Waals surface area contributed by atoms with E-state index in [4.69, 9.17) is 0 Å². The molecule has 1 atom stereocenters. The third-order valence-electron chi connectivity index (χ3n) is 2.78. The van der Waals surface area contributed by atoms with Gasteiger partial charge in [-0.2, -0.15) is 0 Å². The molecule has 15 heavy (non-hydrogen) atoms. The lowest BCUT2D eigenvalue weighted by atomic mass is 9.72. The monoisotopic (exact) mass is 212 g/mol. The van der Waals surface area contributed by atoms with Crippen LogP contribution in [-0.2, 0) is 4.79 Å². The van der Waals surface area contributed by atoms with E-state index >= 15 is 0 Å². The van der Waals surface area contributed by atoms with Crippen molar-refractivity contribution >= 4 is 5.78 Å². The average Bonchev–Trinajstić information content (AvgIpc) is 2.09. The van der Waals surface area contributed by atoms with Gasteiger partial charge in [0.15, 0.2) is 5.78 Å². The van der Waals surface area contributed by atoms with E-state index in [-0.39, 0.29) is 23.1 Å². The van der Waals surface area contributed by atoms with Crippen molar-refractivity contribution in [3.63, 3.8) is 0 Å². The topological polar surface area (TPSA) is 70.0 Å². The minimum Gasteiger partial charge on any atom is -0.292 e. The lowest BCUT2D eigenvalue weighted by Gasteiger charge is -2.34. The molecule has 0 bridgehead atoms. The van der Waals surface area contributed by atoms with Crippen LogP contribution in [0.15, 0.2) is 16.6 Å². The van der Waals surface area contributed by atoms with Gasteiger partial charge in [0.05, 0.1) is 0 Å². The number of hydrogen-bond acceptors (Lipinski definition) is 5. The van der Waals surface area contributed by atoms with Crippen molar-refractivity contribution in [1.29, 1.82) is 0 Å². The molecular weight excluding hydrogens is 196 g/mol. The van der Waals surface area contributed by atoms with Crippen LogP contribution in [0.1, 0.15) is 27.2 Å². The largest absolute Gasteiger partial charge is 0.292 e. The molecule has 0 radical (unpaired) electrons. The zero-order valence-electron chi connectivity index (χ0n) is 9.44. The molecule has 1 aliphatic rings. The molecule has 1 unspecified atom stereocenters. The van der Waals surface area contributed by atoms with E-state index in [0.29, 0.717) is 11.5 Å². The van der Waals surface area contributed by atoms with Gasteiger partial charge in [0.1, 0.15) is 11.4 Å². The maximum absolute atomic E-state index is 11.9. The highest BCUT2D eigenvalue weighted by Gasteiger charge is 2.41. The molecule has 0 heterocycles. The maximum atomic E-state index is 11.9. The van der Waals surface area contributed by atoms with Crippen LogP contribution in [0, 0.1) is 16.2 Å². The second-order valence-electron chi connectivity index (χ2n) is 4.67. The maximum Gasteiger partial charge on any atom is 0.188 e. The average molecular weight is 212 g/mol. The standard InChI is InChI=1S/C10H16N2O3/c1-6-5-10(2,3)9(13)8(12(4)15)7(6)11-14/h6,15H,5H2,1-4H3. The number of ketones is 1. The van der Waals surface area contributed by atoms with Crippen molar-refractivity contribution in [2.24, 2.45) is 16.5 Å². The summed E-state index contributed by atoms with van der Waals surface area (Å²) in [5.74, 6) is -0.347. The molecule has 0 saturated heterocycles. The highest BCUT2D eigenvalue weighted by Crippen LogP contribution is 2.40. The van der Waals surface area contributed by atoms with Gasteiger partial charge in [-0.05, 0) is 11.6 Å². The summed E-state index contributed by atoms with van der Waals surface area (Å²) >= 11 is 0. The van der Waals surface area contributed by atoms with Gasteiger partial charge in [-0.25, -0.2) is 0 Å². The number of hydrogen-bond donors (Lipinski definition) is 1. The Kier molecular flexibility index (Phi) is 2.95. The van der Waals surface area contributed by atoms with Gasteiger partial charge in [-0.15, -0.1) is 4.91 Å². The summed E-state index contributed by atoms with van der Waals surface area (Å²) in [4.78, 5) is 22.6. The Morgan fingerprint density at radius 1 is 1.53 bits per heavy atom. The second kappa shape index (κ2) is 3.73. The number of hydroxylamine groups is 2. The molecule has 1 N–H and O–H groups in total. The summed E-state index contributed by atoms with van der Waals surface area (Å²) in [5, 5.41) is 12.9. The van der Waals surface area contributed by atoms with Gasteiger partial charge in [0, 0.05) is 18.4 Å². The number of nitroso groups, excluding NO2 is 1. The summed E-state index contributed by atoms with van der Waals surface area (Å²) in [6.45, 7) is 5.43. The lowest BCUT2D eigenvalue weighted by molar-refractivity contribution is -0.132. The summed E-state index contributed by atoms with van der Waals surface area (Å²) < 4.78 is 0. The second-order valence-corrected chi connectivity index (χ2v) is 4.67. The van der Waals surface area contributed by atoms with Crippen molar-refractivity contribution in [3.05, 3.63) is 16.3 Å². The van der Waals surface area contributed by atoms with Crippen LogP contribution in [0.25, 0.3) is 0 Å². The van der Waals surface area contributed by atoms with Crippen LogP contribution in [-0.4, -0.2) is 23.1 Å². The fourth-order valence-electron chi connectivity index (χ4n) is 2.07. The molecule has 0 amide bonds. The number of nitrogens with zero attached hydrogens (tertiary/aromatic N) is 2. The number of carbonyl (C=O) groups is 1. The Labute approximate surface area is 88.7 Å². The van der Waals surface area contributed by atoms with Crippen LogP contribution in [0.2, 0.25) is 0 Å². The molecule has 0 aromatic heterocycles. The molecule has 0 aliphatic heterocycles. The fraction of sp³-hybridized carbons (Fsp3) is 0.700. The quantitative estimate of drug-likeness (QED) is 0.560. The Morgan fingerprint density at radius 2 is 2.07 bits per heavy atom. The molecule has 5 nitrogen and oxygen atoms in total. The van der Waals surface area contributed by atoms with Gasteiger partial charge in [0.2, 0.25) is 0 Å². The molecule has 0 aromatic carbocycles. The van der Waals surface area contributed by atoms with E-state index in [2.05, 4.69) is 5.18 Å². The highest BCUT2D eigenvalue weighted by molar-refractivity contribution is 6.00. The van der Waals surface area contributed by atoms with Crippen molar-refractivity contribution in [3.8, 4) is 0 Å². The van der Waals surface area contributed by atoms with Gasteiger partial charge in [-0.1, -0.05) is 20.8 Å². The van der Waals surface area contributed by atoms with Gasteiger partial charge >= 0.3 is 0 Å². The highest BCUT2D eigenvalue weighted by atomic mass is 16.5. The number of rotatable bonds is 2. The van der Waals surface area contributed by atoms with Gasteiger partial charge < -0.3 is 0 Å². The molecule has 0 saturated carbocycles. The minimum absolute atomic E-state index is 0.0220. The first kappa shape index (κ1) is 11.8. The molecule has 0 fully saturated rings. The number of Topliss-reactive ketones (excluding diaryl/α,β-unsaturated/α-hetero) is 1. The van der Waals surface area contributed by atoms with Crippen LogP contribution in [0.4, 0.5) is 0 Å². The molecule has 84 valence electrons.